The van der Waals surface area contributed by atoms with Crippen LogP contribution in [0.3, 0.4) is 0 Å². The monoisotopic (exact) mass is 265 g/mol. The predicted octanol–water partition coefficient (Wildman–Crippen LogP) is 3.96. The lowest BCUT2D eigenvalue weighted by Gasteiger charge is -2.02. The largest absolute Gasteiger partial charge is 0.227 e. The Balaban J connectivity index is 2.50. The first-order valence-electron chi connectivity index (χ1n) is 4.56. The van der Waals surface area contributed by atoms with Gasteiger partial charge in [-0.1, -0.05) is 23.8 Å². The third-order valence-corrected chi connectivity index (χ3v) is 2.71. The maximum absolute atomic E-state index is 13.2. The van der Waals surface area contributed by atoms with Crippen molar-refractivity contribution in [3.8, 4) is 11.3 Å². The molecule has 0 bridgehead atoms. The van der Waals surface area contributed by atoms with Crippen LogP contribution in [0.1, 0.15) is 5.56 Å². The minimum absolute atomic E-state index is 0.388. The van der Waals surface area contributed by atoms with Gasteiger partial charge in [-0.3, -0.25) is 0 Å². The van der Waals surface area contributed by atoms with Crippen molar-refractivity contribution in [1.82, 2.24) is 4.98 Å². The van der Waals surface area contributed by atoms with Gasteiger partial charge in [0.15, 0.2) is 0 Å². The van der Waals surface area contributed by atoms with Gasteiger partial charge in [0, 0.05) is 5.56 Å². The molecule has 0 aliphatic carbocycles. The summed E-state index contributed by atoms with van der Waals surface area (Å²) in [5, 5.41) is 0. The third-order valence-electron chi connectivity index (χ3n) is 2.12. The Labute approximate surface area is 96.1 Å². The van der Waals surface area contributed by atoms with E-state index in [2.05, 4.69) is 20.9 Å². The van der Waals surface area contributed by atoms with Gasteiger partial charge in [-0.15, -0.1) is 0 Å². The summed E-state index contributed by atoms with van der Waals surface area (Å²) in [5.41, 5.74) is 2.72. The minimum Gasteiger partial charge on any atom is -0.219 e. The summed E-state index contributed by atoms with van der Waals surface area (Å²) < 4.78 is 13.6. The van der Waals surface area contributed by atoms with Crippen LogP contribution in [-0.4, -0.2) is 4.98 Å². The van der Waals surface area contributed by atoms with Gasteiger partial charge in [-0.25, -0.2) is 4.98 Å². The van der Waals surface area contributed by atoms with Gasteiger partial charge >= 0.3 is 0 Å². The number of hydrogen-bond acceptors (Lipinski definition) is 1. The Hall–Kier alpha value is -1.22. The number of benzene rings is 1. The van der Waals surface area contributed by atoms with E-state index in [1.807, 2.05) is 31.2 Å². The molecule has 2 aromatic rings. The highest BCUT2D eigenvalue weighted by Gasteiger charge is 2.04. The molecule has 1 aromatic heterocycles. The van der Waals surface area contributed by atoms with Gasteiger partial charge in [0.25, 0.3) is 0 Å². The Morgan fingerprint density at radius 1 is 1.20 bits per heavy atom. The molecule has 0 aliphatic rings. The molecule has 0 spiro atoms. The molecule has 0 unspecified atom stereocenters. The average Bonchev–Trinajstić information content (AvgIpc) is 2.22. The van der Waals surface area contributed by atoms with Gasteiger partial charge in [-0.05, 0) is 41.1 Å². The molecule has 0 amide bonds. The summed E-state index contributed by atoms with van der Waals surface area (Å²) in [6, 6.07) is 11.3. The van der Waals surface area contributed by atoms with E-state index in [9.17, 15) is 4.39 Å². The molecule has 0 saturated heterocycles. The maximum atomic E-state index is 13.2. The molecule has 1 nitrogen and oxygen atoms in total. The number of aryl methyl sites for hydroxylation is 1. The summed E-state index contributed by atoms with van der Waals surface area (Å²) >= 11 is 3.08. The van der Waals surface area contributed by atoms with Crippen molar-refractivity contribution < 1.29 is 4.39 Å². The highest BCUT2D eigenvalue weighted by atomic mass is 79.9. The summed E-state index contributed by atoms with van der Waals surface area (Å²) in [4.78, 5) is 3.87. The van der Waals surface area contributed by atoms with Crippen LogP contribution in [0.5, 0.6) is 0 Å². The lowest BCUT2D eigenvalue weighted by atomic mass is 10.1. The summed E-state index contributed by atoms with van der Waals surface area (Å²) in [6.45, 7) is 2.00. The van der Waals surface area contributed by atoms with Crippen LogP contribution in [0, 0.1) is 12.9 Å². The molecule has 0 fully saturated rings. The molecule has 2 rings (SSSR count). The molecule has 0 atom stereocenters. The highest BCUT2D eigenvalue weighted by Crippen LogP contribution is 2.21. The smallest absolute Gasteiger partial charge is 0.219 e. The first kappa shape index (κ1) is 10.3. The van der Waals surface area contributed by atoms with Crippen LogP contribution in [0.25, 0.3) is 11.3 Å². The van der Waals surface area contributed by atoms with E-state index in [0.717, 1.165) is 11.1 Å². The van der Waals surface area contributed by atoms with Gasteiger partial charge in [-0.2, -0.15) is 4.39 Å². The molecule has 0 aliphatic heterocycles. The normalized spacial score (nSPS) is 10.3. The minimum atomic E-state index is -0.478. The van der Waals surface area contributed by atoms with E-state index < -0.39 is 5.95 Å². The van der Waals surface area contributed by atoms with E-state index >= 15 is 0 Å². The highest BCUT2D eigenvalue weighted by molar-refractivity contribution is 9.10. The Kier molecular flexibility index (Phi) is 2.82. The van der Waals surface area contributed by atoms with E-state index in [-0.39, 0.29) is 0 Å². The Morgan fingerprint density at radius 3 is 2.67 bits per heavy atom. The summed E-state index contributed by atoms with van der Waals surface area (Å²) in [6.07, 6.45) is 0. The van der Waals surface area contributed by atoms with Crippen molar-refractivity contribution >= 4 is 15.9 Å². The van der Waals surface area contributed by atoms with Gasteiger partial charge in [0.1, 0.15) is 0 Å². The van der Waals surface area contributed by atoms with E-state index in [1.54, 1.807) is 12.1 Å². The van der Waals surface area contributed by atoms with Crippen LogP contribution in [-0.2, 0) is 0 Å². The first-order chi connectivity index (χ1) is 7.16. The van der Waals surface area contributed by atoms with E-state index in [1.165, 1.54) is 0 Å². The zero-order valence-corrected chi connectivity index (χ0v) is 9.75. The second-order valence-electron chi connectivity index (χ2n) is 3.34. The van der Waals surface area contributed by atoms with Crippen LogP contribution in [0.2, 0.25) is 0 Å². The molecule has 0 saturated carbocycles. The standard InChI is InChI=1S/C12H9BrFN/c1-8-3-2-4-9(7-8)11-6-5-10(13)12(14)15-11/h2-7H,1H3. The second-order valence-corrected chi connectivity index (χ2v) is 4.19. The molecular weight excluding hydrogens is 257 g/mol. The summed E-state index contributed by atoms with van der Waals surface area (Å²) in [7, 11) is 0. The average molecular weight is 266 g/mol. The van der Waals surface area contributed by atoms with Crippen molar-refractivity contribution in [2.75, 3.05) is 0 Å². The molecule has 3 heteroatoms. The van der Waals surface area contributed by atoms with Crippen LogP contribution < -0.4 is 0 Å². The molecular formula is C12H9BrFN. The number of aromatic nitrogens is 1. The molecule has 1 aromatic carbocycles. The van der Waals surface area contributed by atoms with Crippen molar-refractivity contribution in [1.29, 1.82) is 0 Å². The van der Waals surface area contributed by atoms with Crippen molar-refractivity contribution in [2.45, 2.75) is 6.92 Å². The molecule has 1 heterocycles. The Morgan fingerprint density at radius 2 is 2.00 bits per heavy atom. The zero-order valence-electron chi connectivity index (χ0n) is 8.17. The van der Waals surface area contributed by atoms with Gasteiger partial charge < -0.3 is 0 Å². The molecule has 0 radical (unpaired) electrons. The molecule has 76 valence electrons. The molecule has 15 heavy (non-hydrogen) atoms. The van der Waals surface area contributed by atoms with E-state index in [0.29, 0.717) is 10.2 Å². The zero-order chi connectivity index (χ0) is 10.8. The van der Waals surface area contributed by atoms with Crippen LogP contribution >= 0.6 is 15.9 Å². The first-order valence-corrected chi connectivity index (χ1v) is 5.35. The molecule has 0 N–H and O–H groups in total. The van der Waals surface area contributed by atoms with Crippen molar-refractivity contribution in [3.63, 3.8) is 0 Å². The van der Waals surface area contributed by atoms with Crippen molar-refractivity contribution in [3.05, 3.63) is 52.4 Å². The number of pyridine rings is 1. The summed E-state index contributed by atoms with van der Waals surface area (Å²) in [5.74, 6) is -0.478. The number of nitrogens with zero attached hydrogens (tertiary/aromatic N) is 1. The quantitative estimate of drug-likeness (QED) is 0.712. The maximum Gasteiger partial charge on any atom is 0.227 e. The van der Waals surface area contributed by atoms with Crippen LogP contribution in [0.4, 0.5) is 4.39 Å². The van der Waals surface area contributed by atoms with Gasteiger partial charge in [0.05, 0.1) is 10.2 Å². The fourth-order valence-corrected chi connectivity index (χ4v) is 1.60. The fraction of sp³-hybridized carbons (Fsp3) is 0.0833. The third kappa shape index (κ3) is 2.23. The Bertz CT molecular complexity index is 497. The predicted molar refractivity (Wildman–Crippen MR) is 62.1 cm³/mol. The van der Waals surface area contributed by atoms with Gasteiger partial charge in [0.2, 0.25) is 5.95 Å². The lowest BCUT2D eigenvalue weighted by Crippen LogP contribution is -1.89. The van der Waals surface area contributed by atoms with Crippen molar-refractivity contribution in [2.24, 2.45) is 0 Å². The number of rotatable bonds is 1. The van der Waals surface area contributed by atoms with E-state index in [4.69, 9.17) is 0 Å². The number of hydrogen-bond donors (Lipinski definition) is 0. The van der Waals surface area contributed by atoms with Crippen LogP contribution in [0.15, 0.2) is 40.9 Å². The topological polar surface area (TPSA) is 12.9 Å². The fourth-order valence-electron chi connectivity index (χ4n) is 1.38. The second kappa shape index (κ2) is 4.11. The SMILES string of the molecule is Cc1cccc(-c2ccc(Br)c(F)n2)c1. The number of halogens is 2. The lowest BCUT2D eigenvalue weighted by molar-refractivity contribution is 0.578.